The van der Waals surface area contributed by atoms with Crippen LogP contribution in [0.15, 0.2) is 48.5 Å². The second kappa shape index (κ2) is 5.47. The van der Waals surface area contributed by atoms with Crippen molar-refractivity contribution in [3.8, 4) is 11.4 Å². The number of aliphatic hydroxyl groups is 1. The Morgan fingerprint density at radius 2 is 1.95 bits per heavy atom. The maximum Gasteiger partial charge on any atom is 0.138 e. The van der Waals surface area contributed by atoms with Crippen molar-refractivity contribution in [1.29, 1.82) is 0 Å². The fraction of sp³-hybridized carbons (Fsp3) is 0.235. The van der Waals surface area contributed by atoms with Gasteiger partial charge in [0.25, 0.3) is 0 Å². The zero-order valence-electron chi connectivity index (χ0n) is 11.5. The van der Waals surface area contributed by atoms with E-state index < -0.39 is 0 Å². The lowest BCUT2D eigenvalue weighted by molar-refractivity contribution is 0.262. The molecule has 0 saturated heterocycles. The van der Waals surface area contributed by atoms with Crippen LogP contribution in [0.2, 0.25) is 0 Å². The van der Waals surface area contributed by atoms with Gasteiger partial charge in [-0.05, 0) is 24.1 Å². The number of benzene rings is 2. The topological polar surface area (TPSA) is 48.9 Å². The van der Waals surface area contributed by atoms with E-state index in [0.29, 0.717) is 0 Å². The summed E-state index contributed by atoms with van der Waals surface area (Å²) < 4.78 is 0. The molecule has 1 atom stereocenters. The Labute approximate surface area is 118 Å². The van der Waals surface area contributed by atoms with Crippen LogP contribution in [0, 0.1) is 0 Å². The van der Waals surface area contributed by atoms with Crippen molar-refractivity contribution in [1.82, 2.24) is 9.97 Å². The Morgan fingerprint density at radius 1 is 1.15 bits per heavy atom. The molecule has 2 N–H and O–H groups in total. The minimum Gasteiger partial charge on any atom is -0.396 e. The number of aromatic nitrogens is 2. The van der Waals surface area contributed by atoms with Gasteiger partial charge >= 0.3 is 0 Å². The van der Waals surface area contributed by atoms with Crippen LogP contribution in [-0.4, -0.2) is 21.7 Å². The van der Waals surface area contributed by atoms with Gasteiger partial charge in [-0.25, -0.2) is 4.98 Å². The zero-order valence-corrected chi connectivity index (χ0v) is 11.5. The molecule has 0 bridgehead atoms. The van der Waals surface area contributed by atoms with Gasteiger partial charge in [0.2, 0.25) is 0 Å². The fourth-order valence-electron chi connectivity index (χ4n) is 2.48. The molecule has 3 nitrogen and oxygen atoms in total. The lowest BCUT2D eigenvalue weighted by atomic mass is 9.97. The highest BCUT2D eigenvalue weighted by atomic mass is 16.3. The molecule has 3 aromatic rings. The third kappa shape index (κ3) is 2.32. The van der Waals surface area contributed by atoms with E-state index in [1.54, 1.807) is 0 Å². The van der Waals surface area contributed by atoms with Crippen LogP contribution in [0.25, 0.3) is 22.4 Å². The lowest BCUT2D eigenvalue weighted by Gasteiger charge is -2.11. The molecule has 0 radical (unpaired) electrons. The van der Waals surface area contributed by atoms with Gasteiger partial charge in [-0.15, -0.1) is 0 Å². The molecule has 1 unspecified atom stereocenters. The number of nitrogens with zero attached hydrogens (tertiary/aromatic N) is 1. The van der Waals surface area contributed by atoms with Gasteiger partial charge in [-0.1, -0.05) is 43.3 Å². The number of aromatic amines is 1. The first-order chi connectivity index (χ1) is 9.81. The highest BCUT2D eigenvalue weighted by molar-refractivity contribution is 5.80. The molecule has 0 aliphatic heterocycles. The number of fused-ring (bicyclic) bond motifs is 1. The first-order valence-corrected chi connectivity index (χ1v) is 6.97. The van der Waals surface area contributed by atoms with Crippen LogP contribution in [0.3, 0.4) is 0 Å². The molecule has 0 aliphatic carbocycles. The summed E-state index contributed by atoms with van der Waals surface area (Å²) in [4.78, 5) is 7.98. The number of aliphatic hydroxyl groups excluding tert-OH is 1. The summed E-state index contributed by atoms with van der Waals surface area (Å²) in [6.45, 7) is 2.27. The Bertz CT molecular complexity index is 699. The van der Waals surface area contributed by atoms with Crippen LogP contribution in [0.1, 0.15) is 24.8 Å². The molecular weight excluding hydrogens is 248 g/mol. The van der Waals surface area contributed by atoms with Gasteiger partial charge in [0.05, 0.1) is 11.0 Å². The van der Waals surface area contributed by atoms with E-state index in [2.05, 4.69) is 29.0 Å². The summed E-state index contributed by atoms with van der Waals surface area (Å²) >= 11 is 0. The van der Waals surface area contributed by atoms with Gasteiger partial charge in [0, 0.05) is 18.1 Å². The van der Waals surface area contributed by atoms with E-state index in [4.69, 9.17) is 0 Å². The third-order valence-electron chi connectivity index (χ3n) is 3.74. The summed E-state index contributed by atoms with van der Waals surface area (Å²) in [6.07, 6.45) is 0.932. The Morgan fingerprint density at radius 3 is 2.65 bits per heavy atom. The van der Waals surface area contributed by atoms with Crippen molar-refractivity contribution in [2.45, 2.75) is 19.3 Å². The van der Waals surface area contributed by atoms with Crippen molar-refractivity contribution in [3.05, 3.63) is 54.1 Å². The summed E-state index contributed by atoms with van der Waals surface area (Å²) in [5, 5.41) is 9.41. The average Bonchev–Trinajstić information content (AvgIpc) is 2.93. The van der Waals surface area contributed by atoms with Gasteiger partial charge in [-0.3, -0.25) is 0 Å². The molecular formula is C17H18N2O. The molecule has 0 spiro atoms. The van der Waals surface area contributed by atoms with E-state index in [9.17, 15) is 5.11 Å². The molecule has 0 fully saturated rings. The molecule has 1 aromatic heterocycles. The SMILES string of the molecule is CCC(CO)c1ccc2nc(-c3ccccc3)[nH]c2c1. The predicted molar refractivity (Wildman–Crippen MR) is 81.6 cm³/mol. The average molecular weight is 266 g/mol. The second-order valence-electron chi connectivity index (χ2n) is 5.02. The Hall–Kier alpha value is -2.13. The maximum atomic E-state index is 9.41. The van der Waals surface area contributed by atoms with Crippen LogP contribution >= 0.6 is 0 Å². The number of hydrogen-bond donors (Lipinski definition) is 2. The van der Waals surface area contributed by atoms with Crippen LogP contribution in [0.5, 0.6) is 0 Å². The third-order valence-corrected chi connectivity index (χ3v) is 3.74. The number of H-pyrrole nitrogens is 1. The highest BCUT2D eigenvalue weighted by Gasteiger charge is 2.10. The molecule has 0 aliphatic rings. The molecule has 20 heavy (non-hydrogen) atoms. The van der Waals surface area contributed by atoms with Gasteiger partial charge in [-0.2, -0.15) is 0 Å². The molecule has 3 heteroatoms. The van der Waals surface area contributed by atoms with Crippen molar-refractivity contribution in [3.63, 3.8) is 0 Å². The van der Waals surface area contributed by atoms with E-state index in [1.165, 1.54) is 0 Å². The van der Waals surface area contributed by atoms with Crippen LogP contribution < -0.4 is 0 Å². The minimum atomic E-state index is 0.182. The van der Waals surface area contributed by atoms with Crippen molar-refractivity contribution < 1.29 is 5.11 Å². The summed E-state index contributed by atoms with van der Waals surface area (Å²) in [6, 6.07) is 16.3. The molecule has 2 aromatic carbocycles. The second-order valence-corrected chi connectivity index (χ2v) is 5.02. The lowest BCUT2D eigenvalue weighted by Crippen LogP contribution is -2.02. The van der Waals surface area contributed by atoms with Gasteiger partial charge < -0.3 is 10.1 Å². The number of hydrogen-bond acceptors (Lipinski definition) is 2. The summed E-state index contributed by atoms with van der Waals surface area (Å²) in [7, 11) is 0. The van der Waals surface area contributed by atoms with Gasteiger partial charge in [0.1, 0.15) is 5.82 Å². The molecule has 0 saturated carbocycles. The van der Waals surface area contributed by atoms with E-state index in [-0.39, 0.29) is 12.5 Å². The first kappa shape index (κ1) is 12.9. The van der Waals surface area contributed by atoms with Crippen molar-refractivity contribution >= 4 is 11.0 Å². The number of nitrogens with one attached hydrogen (secondary N) is 1. The maximum absolute atomic E-state index is 9.41. The van der Waals surface area contributed by atoms with E-state index >= 15 is 0 Å². The monoisotopic (exact) mass is 266 g/mol. The standard InChI is InChI=1S/C17H18N2O/c1-2-12(11-20)14-8-9-15-16(10-14)19-17(18-15)13-6-4-3-5-7-13/h3-10,12,20H,2,11H2,1H3,(H,18,19). The van der Waals surface area contributed by atoms with Crippen LogP contribution in [0.4, 0.5) is 0 Å². The molecule has 102 valence electrons. The van der Waals surface area contributed by atoms with E-state index in [1.807, 2.05) is 36.4 Å². The number of rotatable bonds is 4. The molecule has 0 amide bonds. The summed E-state index contributed by atoms with van der Waals surface area (Å²) in [5.41, 5.74) is 4.22. The first-order valence-electron chi connectivity index (χ1n) is 6.97. The minimum absolute atomic E-state index is 0.182. The Balaban J connectivity index is 2.04. The fourth-order valence-corrected chi connectivity index (χ4v) is 2.48. The van der Waals surface area contributed by atoms with Crippen molar-refractivity contribution in [2.24, 2.45) is 0 Å². The van der Waals surface area contributed by atoms with Crippen molar-refractivity contribution in [2.75, 3.05) is 6.61 Å². The highest BCUT2D eigenvalue weighted by Crippen LogP contribution is 2.25. The number of imidazole rings is 1. The quantitative estimate of drug-likeness (QED) is 0.756. The normalized spacial score (nSPS) is 12.7. The van der Waals surface area contributed by atoms with E-state index in [0.717, 1.165) is 34.4 Å². The zero-order chi connectivity index (χ0) is 13.9. The largest absolute Gasteiger partial charge is 0.396 e. The van der Waals surface area contributed by atoms with Gasteiger partial charge in [0.15, 0.2) is 0 Å². The summed E-state index contributed by atoms with van der Waals surface area (Å²) in [5.74, 6) is 1.08. The smallest absolute Gasteiger partial charge is 0.138 e. The Kier molecular flexibility index (Phi) is 3.52. The molecule has 1 heterocycles. The van der Waals surface area contributed by atoms with Crippen LogP contribution in [-0.2, 0) is 0 Å². The predicted octanol–water partition coefficient (Wildman–Crippen LogP) is 3.72. The molecule has 3 rings (SSSR count).